The van der Waals surface area contributed by atoms with E-state index < -0.39 is 0 Å². The van der Waals surface area contributed by atoms with E-state index in [1.54, 1.807) is 12.1 Å². The SMILES string of the molecule is CN(CCc1ccc(F)cc1)CC(C)(C)C#N. The van der Waals surface area contributed by atoms with Crippen molar-refractivity contribution in [3.63, 3.8) is 0 Å². The molecule has 0 fully saturated rings. The number of hydrogen-bond acceptors (Lipinski definition) is 2. The summed E-state index contributed by atoms with van der Waals surface area (Å²) in [5.74, 6) is -0.201. The molecule has 0 bridgehead atoms. The van der Waals surface area contributed by atoms with Crippen LogP contribution < -0.4 is 0 Å². The highest BCUT2D eigenvalue weighted by Crippen LogP contribution is 2.14. The van der Waals surface area contributed by atoms with Crippen molar-refractivity contribution in [1.29, 1.82) is 5.26 Å². The lowest BCUT2D eigenvalue weighted by Gasteiger charge is -2.24. The topological polar surface area (TPSA) is 27.0 Å². The molecule has 0 unspecified atom stereocenters. The first-order chi connectivity index (χ1) is 7.93. The summed E-state index contributed by atoms with van der Waals surface area (Å²) < 4.78 is 12.7. The standard InChI is InChI=1S/C14H19FN2/c1-14(2,10-16)11-17(3)9-8-12-4-6-13(15)7-5-12/h4-7H,8-9,11H2,1-3H3. The van der Waals surface area contributed by atoms with Crippen LogP contribution in [0.15, 0.2) is 24.3 Å². The highest BCUT2D eigenvalue weighted by atomic mass is 19.1. The molecule has 92 valence electrons. The maximum absolute atomic E-state index is 12.7. The fraction of sp³-hybridized carbons (Fsp3) is 0.500. The second-order valence-corrected chi connectivity index (χ2v) is 5.11. The number of nitriles is 1. The van der Waals surface area contributed by atoms with Crippen LogP contribution in [-0.2, 0) is 6.42 Å². The predicted molar refractivity (Wildman–Crippen MR) is 67.0 cm³/mol. The van der Waals surface area contributed by atoms with E-state index in [-0.39, 0.29) is 11.2 Å². The normalized spacial score (nSPS) is 11.5. The molecular weight excluding hydrogens is 215 g/mol. The fourth-order valence-corrected chi connectivity index (χ4v) is 1.76. The Balaban J connectivity index is 2.41. The molecule has 2 nitrogen and oxygen atoms in total. The molecule has 0 saturated carbocycles. The van der Waals surface area contributed by atoms with E-state index in [2.05, 4.69) is 11.0 Å². The third-order valence-electron chi connectivity index (χ3n) is 2.66. The lowest BCUT2D eigenvalue weighted by molar-refractivity contribution is 0.258. The van der Waals surface area contributed by atoms with E-state index in [1.165, 1.54) is 12.1 Å². The molecule has 1 rings (SSSR count). The highest BCUT2D eigenvalue weighted by molar-refractivity contribution is 5.16. The van der Waals surface area contributed by atoms with E-state index in [4.69, 9.17) is 5.26 Å². The molecule has 0 aliphatic carbocycles. The predicted octanol–water partition coefficient (Wildman–Crippen LogP) is 2.85. The summed E-state index contributed by atoms with van der Waals surface area (Å²) in [6.45, 7) is 5.48. The number of nitrogens with zero attached hydrogens (tertiary/aromatic N) is 2. The van der Waals surface area contributed by atoms with E-state index in [0.29, 0.717) is 0 Å². The third-order valence-corrected chi connectivity index (χ3v) is 2.66. The van der Waals surface area contributed by atoms with Gasteiger partial charge in [-0.05, 0) is 45.0 Å². The first kappa shape index (κ1) is 13.7. The molecule has 0 heterocycles. The van der Waals surface area contributed by atoms with Crippen molar-refractivity contribution in [3.05, 3.63) is 35.6 Å². The maximum Gasteiger partial charge on any atom is 0.123 e. The van der Waals surface area contributed by atoms with Gasteiger partial charge in [0.15, 0.2) is 0 Å². The Morgan fingerprint density at radius 3 is 2.41 bits per heavy atom. The monoisotopic (exact) mass is 234 g/mol. The summed E-state index contributed by atoms with van der Waals surface area (Å²) in [7, 11) is 2.00. The van der Waals surface area contributed by atoms with Gasteiger partial charge in [-0.15, -0.1) is 0 Å². The molecule has 0 aliphatic rings. The van der Waals surface area contributed by atoms with Crippen LogP contribution in [-0.4, -0.2) is 25.0 Å². The number of halogens is 1. The van der Waals surface area contributed by atoms with Gasteiger partial charge in [-0.25, -0.2) is 4.39 Å². The molecule has 0 aliphatic heterocycles. The Bertz CT molecular complexity index is 390. The average molecular weight is 234 g/mol. The Morgan fingerprint density at radius 2 is 1.88 bits per heavy atom. The van der Waals surface area contributed by atoms with Crippen molar-refractivity contribution in [2.24, 2.45) is 5.41 Å². The molecule has 1 aromatic rings. The zero-order valence-corrected chi connectivity index (χ0v) is 10.7. The van der Waals surface area contributed by atoms with Gasteiger partial charge < -0.3 is 4.90 Å². The van der Waals surface area contributed by atoms with Gasteiger partial charge in [-0.3, -0.25) is 0 Å². The van der Waals surface area contributed by atoms with Crippen molar-refractivity contribution in [2.75, 3.05) is 20.1 Å². The van der Waals surface area contributed by atoms with Crippen molar-refractivity contribution in [3.8, 4) is 6.07 Å². The summed E-state index contributed by atoms with van der Waals surface area (Å²) >= 11 is 0. The Labute approximate surface area is 103 Å². The molecule has 0 aromatic heterocycles. The first-order valence-electron chi connectivity index (χ1n) is 5.77. The number of benzene rings is 1. The minimum Gasteiger partial charge on any atom is -0.304 e. The molecular formula is C14H19FN2. The minimum atomic E-state index is -0.322. The molecule has 0 atom stereocenters. The van der Waals surface area contributed by atoms with Crippen molar-refractivity contribution in [2.45, 2.75) is 20.3 Å². The second-order valence-electron chi connectivity index (χ2n) is 5.11. The molecule has 0 spiro atoms. The lowest BCUT2D eigenvalue weighted by atomic mass is 9.95. The van der Waals surface area contributed by atoms with Gasteiger partial charge in [-0.1, -0.05) is 12.1 Å². The largest absolute Gasteiger partial charge is 0.304 e. The Kier molecular flexibility index (Phi) is 4.65. The zero-order chi connectivity index (χ0) is 12.9. The lowest BCUT2D eigenvalue weighted by Crippen LogP contribution is -2.31. The van der Waals surface area contributed by atoms with Crippen LogP contribution in [0.3, 0.4) is 0 Å². The average Bonchev–Trinajstić information content (AvgIpc) is 2.28. The number of hydrogen-bond donors (Lipinski definition) is 0. The van der Waals surface area contributed by atoms with Crippen LogP contribution in [0, 0.1) is 22.6 Å². The molecule has 0 radical (unpaired) electrons. The number of rotatable bonds is 5. The summed E-state index contributed by atoms with van der Waals surface area (Å²) in [5.41, 5.74) is 0.797. The third kappa shape index (κ3) is 4.97. The van der Waals surface area contributed by atoms with Crippen LogP contribution >= 0.6 is 0 Å². The summed E-state index contributed by atoms with van der Waals surface area (Å²) in [6, 6.07) is 8.86. The summed E-state index contributed by atoms with van der Waals surface area (Å²) in [5, 5.41) is 8.94. The quantitative estimate of drug-likeness (QED) is 0.783. The first-order valence-corrected chi connectivity index (χ1v) is 5.77. The second kappa shape index (κ2) is 5.79. The minimum absolute atomic E-state index is 0.201. The van der Waals surface area contributed by atoms with E-state index in [1.807, 2.05) is 20.9 Å². The highest BCUT2D eigenvalue weighted by Gasteiger charge is 2.18. The fourth-order valence-electron chi connectivity index (χ4n) is 1.76. The van der Waals surface area contributed by atoms with E-state index in [0.717, 1.165) is 25.1 Å². The van der Waals surface area contributed by atoms with Gasteiger partial charge in [-0.2, -0.15) is 5.26 Å². The molecule has 3 heteroatoms. The molecule has 0 amide bonds. The van der Waals surface area contributed by atoms with Gasteiger partial charge in [0.2, 0.25) is 0 Å². The maximum atomic E-state index is 12.7. The zero-order valence-electron chi connectivity index (χ0n) is 10.7. The van der Waals surface area contributed by atoms with Crippen LogP contribution in [0.1, 0.15) is 19.4 Å². The van der Waals surface area contributed by atoms with Gasteiger partial charge in [0.25, 0.3) is 0 Å². The molecule has 0 N–H and O–H groups in total. The summed E-state index contributed by atoms with van der Waals surface area (Å²) in [4.78, 5) is 2.13. The van der Waals surface area contributed by atoms with Crippen molar-refractivity contribution in [1.82, 2.24) is 4.90 Å². The van der Waals surface area contributed by atoms with E-state index in [9.17, 15) is 4.39 Å². The van der Waals surface area contributed by atoms with Crippen LogP contribution in [0.5, 0.6) is 0 Å². The molecule has 17 heavy (non-hydrogen) atoms. The van der Waals surface area contributed by atoms with Gasteiger partial charge in [0, 0.05) is 13.1 Å². The van der Waals surface area contributed by atoms with Crippen molar-refractivity contribution >= 4 is 0 Å². The van der Waals surface area contributed by atoms with Crippen LogP contribution in [0.25, 0.3) is 0 Å². The van der Waals surface area contributed by atoms with Crippen LogP contribution in [0.4, 0.5) is 4.39 Å². The molecule has 0 saturated heterocycles. The van der Waals surface area contributed by atoms with E-state index >= 15 is 0 Å². The van der Waals surface area contributed by atoms with Crippen molar-refractivity contribution < 1.29 is 4.39 Å². The van der Waals surface area contributed by atoms with Gasteiger partial charge in [0.1, 0.15) is 5.82 Å². The number of likely N-dealkylation sites (N-methyl/N-ethyl adjacent to an activating group) is 1. The Morgan fingerprint density at radius 1 is 1.29 bits per heavy atom. The summed E-state index contributed by atoms with van der Waals surface area (Å²) in [6.07, 6.45) is 0.873. The van der Waals surface area contributed by atoms with Gasteiger partial charge in [0.05, 0.1) is 11.5 Å². The van der Waals surface area contributed by atoms with Gasteiger partial charge >= 0.3 is 0 Å². The smallest absolute Gasteiger partial charge is 0.123 e. The van der Waals surface area contributed by atoms with Crippen LogP contribution in [0.2, 0.25) is 0 Å². The molecule has 1 aromatic carbocycles. The Hall–Kier alpha value is -1.40.